The molecule has 1 aromatic carbocycles. The minimum absolute atomic E-state index is 0.0820. The molecule has 2 aromatic rings. The molecular formula is C21H26FN3O4. The molecule has 0 spiro atoms. The molecule has 1 N–H and O–H groups in total. The number of hydrogen-bond donors (Lipinski definition) is 1. The van der Waals surface area contributed by atoms with Gasteiger partial charge in [-0.05, 0) is 58.6 Å². The van der Waals surface area contributed by atoms with E-state index < -0.39 is 17.0 Å². The topological polar surface area (TPSA) is 84.7 Å². The zero-order valence-electron chi connectivity index (χ0n) is 17.3. The van der Waals surface area contributed by atoms with Crippen LogP contribution in [-0.4, -0.2) is 40.7 Å². The number of fused-ring (bicyclic) bond motifs is 2. The van der Waals surface area contributed by atoms with Crippen molar-refractivity contribution in [1.82, 2.24) is 15.4 Å². The molecule has 1 aromatic heterocycles. The number of halogens is 1. The molecule has 1 saturated carbocycles. The molecule has 29 heavy (non-hydrogen) atoms. The number of benzene rings is 1. The van der Waals surface area contributed by atoms with E-state index in [9.17, 15) is 14.0 Å². The van der Waals surface area contributed by atoms with Gasteiger partial charge < -0.3 is 19.5 Å². The molecule has 4 rings (SSSR count). The van der Waals surface area contributed by atoms with Crippen molar-refractivity contribution in [3.05, 3.63) is 29.7 Å². The van der Waals surface area contributed by atoms with E-state index in [2.05, 4.69) is 10.5 Å². The summed E-state index contributed by atoms with van der Waals surface area (Å²) in [6, 6.07) is 4.63. The summed E-state index contributed by atoms with van der Waals surface area (Å²) < 4.78 is 24.4. The van der Waals surface area contributed by atoms with E-state index in [1.807, 2.05) is 34.6 Å². The highest BCUT2D eigenvalue weighted by atomic mass is 19.1. The Labute approximate surface area is 168 Å². The minimum atomic E-state index is -0.822. The largest absolute Gasteiger partial charge is 0.444 e. The van der Waals surface area contributed by atoms with Crippen molar-refractivity contribution in [2.75, 3.05) is 13.1 Å². The van der Waals surface area contributed by atoms with Crippen LogP contribution in [0.4, 0.5) is 9.18 Å². The summed E-state index contributed by atoms with van der Waals surface area (Å²) in [5, 5.41) is 7.57. The van der Waals surface area contributed by atoms with Gasteiger partial charge in [0, 0.05) is 19.0 Å². The number of nitrogens with one attached hydrogen (secondary N) is 1. The summed E-state index contributed by atoms with van der Waals surface area (Å²) >= 11 is 0. The Kier molecular flexibility index (Phi) is 4.36. The number of aromatic nitrogens is 1. The Morgan fingerprint density at radius 1 is 1.21 bits per heavy atom. The van der Waals surface area contributed by atoms with Crippen LogP contribution in [0.5, 0.6) is 0 Å². The highest BCUT2D eigenvalue weighted by Gasteiger charge is 2.61. The van der Waals surface area contributed by atoms with Gasteiger partial charge in [0.1, 0.15) is 11.3 Å². The first-order valence-electron chi connectivity index (χ1n) is 9.82. The van der Waals surface area contributed by atoms with Gasteiger partial charge in [-0.1, -0.05) is 11.2 Å². The Morgan fingerprint density at radius 2 is 1.86 bits per heavy atom. The molecule has 7 nitrogen and oxygen atoms in total. The van der Waals surface area contributed by atoms with Crippen LogP contribution in [0, 0.1) is 23.6 Å². The lowest BCUT2D eigenvalue weighted by Crippen LogP contribution is -2.44. The molecule has 0 radical (unpaired) electrons. The Bertz CT molecular complexity index is 966. The van der Waals surface area contributed by atoms with Crippen molar-refractivity contribution in [2.45, 2.75) is 45.8 Å². The number of amides is 2. The van der Waals surface area contributed by atoms with Gasteiger partial charge in [-0.2, -0.15) is 0 Å². The molecule has 2 aliphatic rings. The van der Waals surface area contributed by atoms with Crippen LogP contribution >= 0.6 is 0 Å². The van der Waals surface area contributed by atoms with E-state index in [1.165, 1.54) is 6.07 Å². The SMILES string of the molecule is CC(C)(C)OC(=O)N1C[C@@H]2C(C(=O)NC(C)(C)c3noc4c(F)cccc34)[C@@H]2C1. The highest BCUT2D eigenvalue weighted by Crippen LogP contribution is 2.52. The molecular weight excluding hydrogens is 377 g/mol. The number of carbonyl (C=O) groups is 2. The number of ether oxygens (including phenoxy) is 1. The van der Waals surface area contributed by atoms with Crippen molar-refractivity contribution in [3.8, 4) is 0 Å². The number of nitrogens with zero attached hydrogens (tertiary/aromatic N) is 2. The Hall–Kier alpha value is -2.64. The van der Waals surface area contributed by atoms with E-state index in [-0.39, 0.29) is 35.3 Å². The summed E-state index contributed by atoms with van der Waals surface area (Å²) in [5.74, 6) is -0.416. The van der Waals surface area contributed by atoms with Crippen LogP contribution in [0.15, 0.2) is 22.7 Å². The number of para-hydroxylation sites is 1. The second kappa shape index (κ2) is 6.43. The molecule has 1 aliphatic carbocycles. The van der Waals surface area contributed by atoms with Gasteiger partial charge in [0.25, 0.3) is 0 Å². The van der Waals surface area contributed by atoms with Crippen LogP contribution in [0.3, 0.4) is 0 Å². The number of carbonyl (C=O) groups excluding carboxylic acids is 2. The van der Waals surface area contributed by atoms with E-state index in [1.54, 1.807) is 17.0 Å². The summed E-state index contributed by atoms with van der Waals surface area (Å²) in [5.41, 5.74) is -0.787. The van der Waals surface area contributed by atoms with E-state index in [4.69, 9.17) is 9.26 Å². The summed E-state index contributed by atoms with van der Waals surface area (Å²) in [7, 11) is 0. The van der Waals surface area contributed by atoms with E-state index in [0.717, 1.165) is 0 Å². The van der Waals surface area contributed by atoms with Gasteiger partial charge in [0.15, 0.2) is 5.82 Å². The summed E-state index contributed by atoms with van der Waals surface area (Å²) in [6.45, 7) is 10.2. The van der Waals surface area contributed by atoms with Gasteiger partial charge in [-0.15, -0.1) is 0 Å². The third-order valence-electron chi connectivity index (χ3n) is 5.63. The molecule has 1 aliphatic heterocycles. The molecule has 156 valence electrons. The zero-order chi connectivity index (χ0) is 21.1. The number of hydrogen-bond acceptors (Lipinski definition) is 5. The first-order valence-corrected chi connectivity index (χ1v) is 9.82. The lowest BCUT2D eigenvalue weighted by molar-refractivity contribution is -0.125. The monoisotopic (exact) mass is 403 g/mol. The smallest absolute Gasteiger partial charge is 0.410 e. The molecule has 1 saturated heterocycles. The lowest BCUT2D eigenvalue weighted by Gasteiger charge is -2.27. The minimum Gasteiger partial charge on any atom is -0.444 e. The quantitative estimate of drug-likeness (QED) is 0.849. The summed E-state index contributed by atoms with van der Waals surface area (Å²) in [4.78, 5) is 26.7. The van der Waals surface area contributed by atoms with Crippen LogP contribution in [0.1, 0.15) is 40.3 Å². The Morgan fingerprint density at radius 3 is 2.48 bits per heavy atom. The fourth-order valence-electron chi connectivity index (χ4n) is 4.22. The molecule has 0 bridgehead atoms. The van der Waals surface area contributed by atoms with Crippen LogP contribution in [-0.2, 0) is 15.1 Å². The van der Waals surface area contributed by atoms with Gasteiger partial charge >= 0.3 is 6.09 Å². The predicted octanol–water partition coefficient (Wildman–Crippen LogP) is 3.43. The lowest BCUT2D eigenvalue weighted by atomic mass is 9.96. The van der Waals surface area contributed by atoms with Crippen LogP contribution in [0.25, 0.3) is 11.0 Å². The maximum Gasteiger partial charge on any atom is 0.410 e. The predicted molar refractivity (Wildman–Crippen MR) is 103 cm³/mol. The Balaban J connectivity index is 1.40. The molecule has 2 amide bonds. The number of rotatable bonds is 3. The molecule has 8 heteroatoms. The fraction of sp³-hybridized carbons (Fsp3) is 0.571. The second-order valence-electron chi connectivity index (χ2n) is 9.50. The average molecular weight is 403 g/mol. The molecule has 2 heterocycles. The van der Waals surface area contributed by atoms with E-state index in [0.29, 0.717) is 24.2 Å². The third kappa shape index (κ3) is 3.56. The van der Waals surface area contributed by atoms with Gasteiger partial charge in [-0.25, -0.2) is 9.18 Å². The standard InChI is InChI=1S/C21H26FN3O4/c1-20(2,3)28-19(27)25-9-12-13(10-25)15(12)18(26)23-21(4,5)17-11-7-6-8-14(22)16(11)29-24-17/h6-8,12-13,15H,9-10H2,1-5H3,(H,23,26)/t12-,13+,15?. The maximum atomic E-state index is 13.9. The number of likely N-dealkylation sites (tertiary alicyclic amines) is 1. The maximum absolute atomic E-state index is 13.9. The number of piperidine rings is 1. The first-order chi connectivity index (χ1) is 13.5. The first kappa shape index (κ1) is 19.7. The zero-order valence-corrected chi connectivity index (χ0v) is 17.3. The normalized spacial score (nSPS) is 23.8. The molecule has 2 fully saturated rings. The molecule has 1 unspecified atom stereocenters. The van der Waals surface area contributed by atoms with E-state index >= 15 is 0 Å². The third-order valence-corrected chi connectivity index (χ3v) is 5.63. The van der Waals surface area contributed by atoms with Crippen molar-refractivity contribution < 1.29 is 23.2 Å². The second-order valence-corrected chi connectivity index (χ2v) is 9.50. The summed E-state index contributed by atoms with van der Waals surface area (Å²) in [6.07, 6.45) is -0.333. The van der Waals surface area contributed by atoms with Crippen molar-refractivity contribution >= 4 is 23.0 Å². The van der Waals surface area contributed by atoms with Gasteiger partial charge in [0.05, 0.1) is 10.9 Å². The molecule has 3 atom stereocenters. The van der Waals surface area contributed by atoms with Crippen LogP contribution < -0.4 is 5.32 Å². The van der Waals surface area contributed by atoms with Crippen molar-refractivity contribution in [1.29, 1.82) is 0 Å². The van der Waals surface area contributed by atoms with Crippen molar-refractivity contribution in [3.63, 3.8) is 0 Å². The highest BCUT2D eigenvalue weighted by molar-refractivity contribution is 5.86. The van der Waals surface area contributed by atoms with Gasteiger partial charge in [-0.3, -0.25) is 4.79 Å². The fourth-order valence-corrected chi connectivity index (χ4v) is 4.22. The van der Waals surface area contributed by atoms with Crippen LogP contribution in [0.2, 0.25) is 0 Å². The average Bonchev–Trinajstić information content (AvgIpc) is 2.96. The van der Waals surface area contributed by atoms with Crippen molar-refractivity contribution in [2.24, 2.45) is 17.8 Å². The van der Waals surface area contributed by atoms with Gasteiger partial charge in [0.2, 0.25) is 11.5 Å².